The number of anilines is 3. The van der Waals surface area contributed by atoms with Gasteiger partial charge in [0.15, 0.2) is 0 Å². The molecule has 0 aliphatic heterocycles. The molecule has 262 valence electrons. The topological polar surface area (TPSA) is 44.3 Å². The maximum Gasteiger partial charge on any atom is 0.124 e. The summed E-state index contributed by atoms with van der Waals surface area (Å²) in [5.41, 5.74) is 20.3. The van der Waals surface area contributed by atoms with Crippen LogP contribution in [-0.4, -0.2) is 5.11 Å². The van der Waals surface area contributed by atoms with Gasteiger partial charge in [0, 0.05) is 40.2 Å². The number of nitrogens with one attached hydrogen (secondary N) is 2. The molecule has 3 nitrogen and oxygen atoms in total. The molecule has 0 atom stereocenters. The second-order valence-corrected chi connectivity index (χ2v) is 13.8. The van der Waals surface area contributed by atoms with E-state index in [1.54, 1.807) is 0 Å². The molecule has 0 amide bonds. The third-order valence-corrected chi connectivity index (χ3v) is 10.2. The van der Waals surface area contributed by atoms with Crippen molar-refractivity contribution in [3.8, 4) is 72.5 Å². The van der Waals surface area contributed by atoms with E-state index in [4.69, 9.17) is 0 Å². The second kappa shape index (κ2) is 15.0. The van der Waals surface area contributed by atoms with Crippen molar-refractivity contribution < 1.29 is 5.11 Å². The summed E-state index contributed by atoms with van der Waals surface area (Å²) >= 11 is 0. The molecule has 9 rings (SSSR count). The molecule has 1 aliphatic carbocycles. The maximum atomic E-state index is 11.1. The SMILES string of the molecule is Oc1cc(-c2cccc(-c3cc(-c4cccc(-c5ccccc5NC5=C=CC5)c4)ccc3Nc3ccc(-c4ccccc4)cc3)c2)ccc1-c1ccccc1. The highest BCUT2D eigenvalue weighted by Crippen LogP contribution is 2.40. The van der Waals surface area contributed by atoms with Crippen LogP contribution in [0, 0.1) is 0 Å². The predicted octanol–water partition coefficient (Wildman–Crippen LogP) is 14.0. The molecular formula is C52H38N2O. The van der Waals surface area contributed by atoms with Gasteiger partial charge < -0.3 is 15.7 Å². The van der Waals surface area contributed by atoms with E-state index in [1.165, 1.54) is 11.1 Å². The summed E-state index contributed by atoms with van der Waals surface area (Å²) in [5, 5.41) is 18.4. The van der Waals surface area contributed by atoms with E-state index in [-0.39, 0.29) is 5.75 Å². The van der Waals surface area contributed by atoms with Crippen molar-refractivity contribution in [1.29, 1.82) is 0 Å². The van der Waals surface area contributed by atoms with Crippen LogP contribution in [0.15, 0.2) is 212 Å². The monoisotopic (exact) mass is 706 g/mol. The van der Waals surface area contributed by atoms with Gasteiger partial charge in [0.25, 0.3) is 0 Å². The Morgan fingerprint density at radius 2 is 0.873 bits per heavy atom. The zero-order valence-corrected chi connectivity index (χ0v) is 30.2. The van der Waals surface area contributed by atoms with Crippen molar-refractivity contribution in [1.82, 2.24) is 0 Å². The zero-order chi connectivity index (χ0) is 37.0. The summed E-state index contributed by atoms with van der Waals surface area (Å²) in [6.45, 7) is 0. The Balaban J connectivity index is 1.10. The molecule has 0 radical (unpaired) electrons. The Morgan fingerprint density at radius 1 is 0.364 bits per heavy atom. The van der Waals surface area contributed by atoms with Crippen molar-refractivity contribution in [3.63, 3.8) is 0 Å². The summed E-state index contributed by atoms with van der Waals surface area (Å²) < 4.78 is 0. The fourth-order valence-corrected chi connectivity index (χ4v) is 7.21. The van der Waals surface area contributed by atoms with Crippen LogP contribution < -0.4 is 10.6 Å². The first-order chi connectivity index (χ1) is 27.1. The first kappa shape index (κ1) is 33.5. The average molecular weight is 707 g/mol. The molecule has 8 aromatic rings. The Morgan fingerprint density at radius 3 is 1.55 bits per heavy atom. The third kappa shape index (κ3) is 7.21. The molecule has 55 heavy (non-hydrogen) atoms. The van der Waals surface area contributed by atoms with Gasteiger partial charge in [0.2, 0.25) is 0 Å². The molecule has 1 aliphatic rings. The number of aromatic hydroxyl groups is 1. The smallest absolute Gasteiger partial charge is 0.124 e. The Bertz CT molecular complexity index is 2710. The van der Waals surface area contributed by atoms with Crippen LogP contribution in [0.2, 0.25) is 0 Å². The van der Waals surface area contributed by atoms with Gasteiger partial charge in [-0.15, -0.1) is 5.73 Å². The van der Waals surface area contributed by atoms with Gasteiger partial charge in [0.05, 0.1) is 5.70 Å². The van der Waals surface area contributed by atoms with Gasteiger partial charge in [-0.25, -0.2) is 0 Å². The van der Waals surface area contributed by atoms with Gasteiger partial charge in [0.1, 0.15) is 5.75 Å². The third-order valence-electron chi connectivity index (χ3n) is 10.2. The molecule has 3 heteroatoms. The normalized spacial score (nSPS) is 11.7. The molecule has 0 bridgehead atoms. The molecule has 8 aromatic carbocycles. The van der Waals surface area contributed by atoms with Crippen LogP contribution in [-0.2, 0) is 0 Å². The van der Waals surface area contributed by atoms with Crippen LogP contribution in [0.1, 0.15) is 6.42 Å². The highest BCUT2D eigenvalue weighted by molar-refractivity contribution is 5.89. The van der Waals surface area contributed by atoms with E-state index in [0.29, 0.717) is 0 Å². The highest BCUT2D eigenvalue weighted by Gasteiger charge is 2.14. The highest BCUT2D eigenvalue weighted by atomic mass is 16.3. The van der Waals surface area contributed by atoms with Crippen molar-refractivity contribution in [2.75, 3.05) is 10.6 Å². The van der Waals surface area contributed by atoms with Crippen LogP contribution in [0.4, 0.5) is 17.1 Å². The van der Waals surface area contributed by atoms with Crippen molar-refractivity contribution in [3.05, 3.63) is 212 Å². The number of para-hydroxylation sites is 1. The Hall–Kier alpha value is -7.32. The van der Waals surface area contributed by atoms with Crippen LogP contribution in [0.25, 0.3) is 66.8 Å². The van der Waals surface area contributed by atoms with Crippen LogP contribution >= 0.6 is 0 Å². The molecule has 0 aromatic heterocycles. The number of benzene rings is 8. The summed E-state index contributed by atoms with van der Waals surface area (Å²) in [5.74, 6) is 0.259. The van der Waals surface area contributed by atoms with Gasteiger partial charge in [-0.05, 0) is 105 Å². The second-order valence-electron chi connectivity index (χ2n) is 13.8. The minimum atomic E-state index is 0.259. The van der Waals surface area contributed by atoms with Crippen LogP contribution in [0.5, 0.6) is 5.75 Å². The number of rotatable bonds is 10. The number of hydrogen-bond donors (Lipinski definition) is 3. The lowest BCUT2D eigenvalue weighted by Gasteiger charge is -2.17. The first-order valence-corrected chi connectivity index (χ1v) is 18.6. The van der Waals surface area contributed by atoms with Gasteiger partial charge in [-0.2, -0.15) is 0 Å². The lowest BCUT2D eigenvalue weighted by atomic mass is 9.93. The summed E-state index contributed by atoms with van der Waals surface area (Å²) in [4.78, 5) is 0. The van der Waals surface area contributed by atoms with E-state index < -0.39 is 0 Å². The van der Waals surface area contributed by atoms with Gasteiger partial charge >= 0.3 is 0 Å². The summed E-state index contributed by atoms with van der Waals surface area (Å²) in [6.07, 6.45) is 2.96. The van der Waals surface area contributed by atoms with E-state index in [1.807, 2.05) is 54.6 Å². The summed E-state index contributed by atoms with van der Waals surface area (Å²) in [6, 6.07) is 67.4. The zero-order valence-electron chi connectivity index (χ0n) is 30.2. The van der Waals surface area contributed by atoms with Gasteiger partial charge in [-0.3, -0.25) is 0 Å². The fourth-order valence-electron chi connectivity index (χ4n) is 7.21. The Kier molecular flexibility index (Phi) is 9.12. The first-order valence-electron chi connectivity index (χ1n) is 18.6. The average Bonchev–Trinajstić information content (AvgIpc) is 3.23. The van der Waals surface area contributed by atoms with E-state index >= 15 is 0 Å². The summed E-state index contributed by atoms with van der Waals surface area (Å²) in [7, 11) is 0. The van der Waals surface area contributed by atoms with Crippen molar-refractivity contribution in [2.45, 2.75) is 6.42 Å². The van der Waals surface area contributed by atoms with Crippen LogP contribution in [0.3, 0.4) is 0 Å². The molecule has 0 saturated heterocycles. The minimum absolute atomic E-state index is 0.259. The molecule has 0 spiro atoms. The fraction of sp³-hybridized carbons (Fsp3) is 0.0192. The van der Waals surface area contributed by atoms with Crippen molar-refractivity contribution >= 4 is 17.1 Å². The molecular weight excluding hydrogens is 669 g/mol. The maximum absolute atomic E-state index is 11.1. The molecule has 3 N–H and O–H groups in total. The Labute approximate surface area is 322 Å². The van der Waals surface area contributed by atoms with E-state index in [0.717, 1.165) is 84.8 Å². The minimum Gasteiger partial charge on any atom is -0.507 e. The van der Waals surface area contributed by atoms with Crippen molar-refractivity contribution in [2.24, 2.45) is 0 Å². The van der Waals surface area contributed by atoms with Gasteiger partial charge in [-0.1, -0.05) is 146 Å². The molecule has 0 unspecified atom stereocenters. The van der Waals surface area contributed by atoms with E-state index in [2.05, 4.69) is 162 Å². The standard InChI is InChI=1S/C52H38N2O/c55-52-35-42(26-30-48(52)38-14-5-2-6-15-38)40-17-10-19-44(33-40)49-34-41(27-31-51(49)54-46-28-24-37(25-29-46)36-12-3-1-4-13-36)39-16-9-18-43(32-39)47-22-7-8-23-50(47)53-45-20-11-21-45/h1-19,22-35,53-55H,20H2. The lowest BCUT2D eigenvalue weighted by Crippen LogP contribution is -2.02. The largest absolute Gasteiger partial charge is 0.507 e. The number of hydrogen-bond acceptors (Lipinski definition) is 3. The molecule has 0 heterocycles. The predicted molar refractivity (Wildman–Crippen MR) is 230 cm³/mol. The quantitative estimate of drug-likeness (QED) is 0.124. The van der Waals surface area contributed by atoms with E-state index in [9.17, 15) is 5.11 Å². The number of phenolic OH excluding ortho intramolecular Hbond substituents is 1. The number of phenols is 1. The molecule has 0 fully saturated rings. The lowest BCUT2D eigenvalue weighted by molar-refractivity contribution is 0.477. The molecule has 0 saturated carbocycles.